The second-order valence-electron chi connectivity index (χ2n) is 6.64. The molecular weight excluding hydrogens is 298 g/mol. The smallest absolute Gasteiger partial charge is 0.308 e. The van der Waals surface area contributed by atoms with Gasteiger partial charge in [0.2, 0.25) is 11.8 Å². The van der Waals surface area contributed by atoms with Gasteiger partial charge in [-0.15, -0.1) is 0 Å². The lowest BCUT2D eigenvalue weighted by Crippen LogP contribution is -2.59. The first-order valence-corrected chi connectivity index (χ1v) is 8.43. The Labute approximate surface area is 137 Å². The van der Waals surface area contributed by atoms with Crippen molar-refractivity contribution in [2.45, 2.75) is 39.2 Å². The van der Waals surface area contributed by atoms with Gasteiger partial charge in [0.15, 0.2) is 0 Å². The molecular formula is C16H27N3O4. The third-order valence-corrected chi connectivity index (χ3v) is 4.24. The van der Waals surface area contributed by atoms with Gasteiger partial charge in [0.05, 0.1) is 13.0 Å². The molecule has 0 aromatic rings. The van der Waals surface area contributed by atoms with Crippen LogP contribution in [-0.4, -0.2) is 61.5 Å². The Morgan fingerprint density at radius 3 is 2.61 bits per heavy atom. The summed E-state index contributed by atoms with van der Waals surface area (Å²) >= 11 is 0. The SMILES string of the molecule is CC(C)COC(=O)CC1C(=O)NCCN1C(=O)C1CCNCC1. The molecule has 0 bridgehead atoms. The largest absolute Gasteiger partial charge is 0.465 e. The number of rotatable bonds is 5. The molecule has 2 rings (SSSR count). The van der Waals surface area contributed by atoms with Crippen LogP contribution < -0.4 is 10.6 Å². The highest BCUT2D eigenvalue weighted by Gasteiger charge is 2.37. The van der Waals surface area contributed by atoms with Crippen LogP contribution in [0.3, 0.4) is 0 Å². The van der Waals surface area contributed by atoms with Crippen molar-refractivity contribution in [2.75, 3.05) is 32.8 Å². The number of piperidine rings is 1. The first-order valence-electron chi connectivity index (χ1n) is 8.43. The molecule has 2 fully saturated rings. The monoisotopic (exact) mass is 325 g/mol. The molecule has 0 spiro atoms. The summed E-state index contributed by atoms with van der Waals surface area (Å²) < 4.78 is 5.16. The van der Waals surface area contributed by atoms with Crippen molar-refractivity contribution in [3.63, 3.8) is 0 Å². The zero-order valence-corrected chi connectivity index (χ0v) is 14.0. The second kappa shape index (κ2) is 8.29. The standard InChI is InChI=1S/C16H27N3O4/c1-11(2)10-23-14(20)9-13-15(21)18-7-8-19(13)16(22)12-3-5-17-6-4-12/h11-13,17H,3-10H2,1-2H3,(H,18,21). The van der Waals surface area contributed by atoms with Crippen molar-refractivity contribution in [2.24, 2.45) is 11.8 Å². The Morgan fingerprint density at radius 1 is 1.26 bits per heavy atom. The molecule has 1 atom stereocenters. The summed E-state index contributed by atoms with van der Waals surface area (Å²) in [6.45, 7) is 6.76. The van der Waals surface area contributed by atoms with E-state index >= 15 is 0 Å². The average Bonchev–Trinajstić information content (AvgIpc) is 2.55. The van der Waals surface area contributed by atoms with Crippen LogP contribution >= 0.6 is 0 Å². The van der Waals surface area contributed by atoms with E-state index in [1.54, 1.807) is 4.90 Å². The van der Waals surface area contributed by atoms with Gasteiger partial charge in [-0.2, -0.15) is 0 Å². The summed E-state index contributed by atoms with van der Waals surface area (Å²) in [5.41, 5.74) is 0. The van der Waals surface area contributed by atoms with Gasteiger partial charge >= 0.3 is 5.97 Å². The molecule has 0 aromatic carbocycles. The van der Waals surface area contributed by atoms with Gasteiger partial charge in [0.1, 0.15) is 6.04 Å². The van der Waals surface area contributed by atoms with E-state index in [2.05, 4.69) is 10.6 Å². The van der Waals surface area contributed by atoms with Crippen molar-refractivity contribution in [1.29, 1.82) is 0 Å². The number of hydrogen-bond acceptors (Lipinski definition) is 5. The molecule has 2 aliphatic heterocycles. The molecule has 23 heavy (non-hydrogen) atoms. The predicted octanol–water partition coefficient (Wildman–Crippen LogP) is -0.0977. The van der Waals surface area contributed by atoms with Gasteiger partial charge in [0.25, 0.3) is 0 Å². The first-order chi connectivity index (χ1) is 11.0. The lowest BCUT2D eigenvalue weighted by Gasteiger charge is -2.37. The van der Waals surface area contributed by atoms with E-state index < -0.39 is 12.0 Å². The van der Waals surface area contributed by atoms with Crippen LogP contribution in [0.1, 0.15) is 33.1 Å². The third-order valence-electron chi connectivity index (χ3n) is 4.24. The van der Waals surface area contributed by atoms with Crippen molar-refractivity contribution >= 4 is 17.8 Å². The van der Waals surface area contributed by atoms with Crippen molar-refractivity contribution < 1.29 is 19.1 Å². The molecule has 130 valence electrons. The van der Waals surface area contributed by atoms with Crippen molar-refractivity contribution in [1.82, 2.24) is 15.5 Å². The van der Waals surface area contributed by atoms with E-state index in [0.29, 0.717) is 19.7 Å². The van der Waals surface area contributed by atoms with Gasteiger partial charge in [0, 0.05) is 19.0 Å². The maximum absolute atomic E-state index is 12.7. The maximum Gasteiger partial charge on any atom is 0.308 e. The maximum atomic E-state index is 12.7. The van der Waals surface area contributed by atoms with E-state index in [0.717, 1.165) is 25.9 Å². The molecule has 2 N–H and O–H groups in total. The second-order valence-corrected chi connectivity index (χ2v) is 6.64. The molecule has 0 saturated carbocycles. The summed E-state index contributed by atoms with van der Waals surface area (Å²) in [5, 5.41) is 5.97. The Kier molecular flexibility index (Phi) is 6.38. The number of hydrogen-bond donors (Lipinski definition) is 2. The van der Waals surface area contributed by atoms with Crippen LogP contribution in [0.2, 0.25) is 0 Å². The minimum Gasteiger partial charge on any atom is -0.465 e. The van der Waals surface area contributed by atoms with E-state index in [1.165, 1.54) is 0 Å². The van der Waals surface area contributed by atoms with Gasteiger partial charge in [-0.1, -0.05) is 13.8 Å². The summed E-state index contributed by atoms with van der Waals surface area (Å²) in [5.74, 6) is -0.519. The lowest BCUT2D eigenvalue weighted by molar-refractivity contribution is -0.154. The van der Waals surface area contributed by atoms with Crippen molar-refractivity contribution in [3.05, 3.63) is 0 Å². The van der Waals surface area contributed by atoms with Gasteiger partial charge < -0.3 is 20.3 Å². The molecule has 0 radical (unpaired) electrons. The number of carbonyl (C=O) groups is 3. The van der Waals surface area contributed by atoms with Crippen molar-refractivity contribution in [3.8, 4) is 0 Å². The first kappa shape index (κ1) is 17.7. The Bertz CT molecular complexity index is 447. The van der Waals surface area contributed by atoms with Crippen LogP contribution in [0.5, 0.6) is 0 Å². The normalized spacial score (nSPS) is 22.8. The highest BCUT2D eigenvalue weighted by molar-refractivity contribution is 5.92. The van der Waals surface area contributed by atoms with E-state index in [9.17, 15) is 14.4 Å². The van der Waals surface area contributed by atoms with Gasteiger partial charge in [-0.25, -0.2) is 0 Å². The van der Waals surface area contributed by atoms with Crippen LogP contribution in [0.4, 0.5) is 0 Å². The molecule has 2 amide bonds. The molecule has 7 nitrogen and oxygen atoms in total. The number of amides is 2. The zero-order valence-electron chi connectivity index (χ0n) is 14.0. The molecule has 2 saturated heterocycles. The van der Waals surface area contributed by atoms with E-state index in [-0.39, 0.29) is 30.1 Å². The zero-order chi connectivity index (χ0) is 16.8. The molecule has 1 unspecified atom stereocenters. The minimum atomic E-state index is -0.745. The Morgan fingerprint density at radius 2 is 1.96 bits per heavy atom. The Hall–Kier alpha value is -1.63. The minimum absolute atomic E-state index is 0.0111. The fraction of sp³-hybridized carbons (Fsp3) is 0.812. The Balaban J connectivity index is 1.99. The molecule has 7 heteroatoms. The molecule has 0 aromatic heterocycles. The number of ether oxygens (including phenoxy) is 1. The highest BCUT2D eigenvalue weighted by atomic mass is 16.5. The molecule has 2 aliphatic rings. The fourth-order valence-corrected chi connectivity index (χ4v) is 2.96. The van der Waals surface area contributed by atoms with Crippen LogP contribution in [-0.2, 0) is 19.1 Å². The van der Waals surface area contributed by atoms with E-state index in [1.807, 2.05) is 13.8 Å². The predicted molar refractivity (Wildman–Crippen MR) is 84.5 cm³/mol. The number of piperazine rings is 1. The summed E-state index contributed by atoms with van der Waals surface area (Å²) in [7, 11) is 0. The lowest BCUT2D eigenvalue weighted by atomic mass is 9.95. The van der Waals surface area contributed by atoms with Crippen LogP contribution in [0, 0.1) is 11.8 Å². The number of nitrogens with one attached hydrogen (secondary N) is 2. The topological polar surface area (TPSA) is 87.7 Å². The summed E-state index contributed by atoms with van der Waals surface area (Å²) in [6, 6.07) is -0.745. The fourth-order valence-electron chi connectivity index (χ4n) is 2.96. The number of esters is 1. The van der Waals surface area contributed by atoms with Crippen LogP contribution in [0.25, 0.3) is 0 Å². The number of nitrogens with zero attached hydrogens (tertiary/aromatic N) is 1. The highest BCUT2D eigenvalue weighted by Crippen LogP contribution is 2.20. The summed E-state index contributed by atoms with van der Waals surface area (Å²) in [4.78, 5) is 38.4. The molecule has 2 heterocycles. The number of carbonyl (C=O) groups excluding carboxylic acids is 3. The average molecular weight is 325 g/mol. The molecule has 0 aliphatic carbocycles. The third kappa shape index (κ3) is 4.92. The quantitative estimate of drug-likeness (QED) is 0.689. The summed E-state index contributed by atoms with van der Waals surface area (Å²) in [6.07, 6.45) is 1.48. The van der Waals surface area contributed by atoms with Gasteiger partial charge in [-0.05, 0) is 31.8 Å². The van der Waals surface area contributed by atoms with E-state index in [4.69, 9.17) is 4.74 Å². The van der Waals surface area contributed by atoms with Crippen LogP contribution in [0.15, 0.2) is 0 Å². The van der Waals surface area contributed by atoms with Gasteiger partial charge in [-0.3, -0.25) is 14.4 Å².